The quantitative estimate of drug-likeness (QED) is 0.401. The molecule has 2 aromatic carbocycles. The van der Waals surface area contributed by atoms with Gasteiger partial charge in [-0.15, -0.1) is 11.3 Å². The first-order valence-corrected chi connectivity index (χ1v) is 10.6. The van der Waals surface area contributed by atoms with E-state index in [1.807, 2.05) is 0 Å². The van der Waals surface area contributed by atoms with Crippen LogP contribution in [0, 0.1) is 0 Å². The zero-order valence-corrected chi connectivity index (χ0v) is 18.1. The Hall–Kier alpha value is -3.43. The summed E-state index contributed by atoms with van der Waals surface area (Å²) in [5.41, 5.74) is 2.47. The number of rotatable bonds is 7. The molecule has 1 heterocycles. The lowest BCUT2D eigenvalue weighted by molar-refractivity contribution is -0.116. The van der Waals surface area contributed by atoms with Crippen molar-refractivity contribution in [2.24, 2.45) is 0 Å². The van der Waals surface area contributed by atoms with E-state index in [4.69, 9.17) is 11.6 Å². The molecule has 0 bridgehead atoms. The monoisotopic (exact) mass is 457 g/mol. The third kappa shape index (κ3) is 7.40. The highest BCUT2D eigenvalue weighted by Crippen LogP contribution is 2.19. The highest BCUT2D eigenvalue weighted by atomic mass is 35.5. The number of hydrogen-bond donors (Lipinski definition) is 4. The SMILES string of the molecule is CC(=O)Nc1cccc(NC(=O)CCc2csc(NC(=O)Nc3cccc(Cl)c3)n2)c1. The summed E-state index contributed by atoms with van der Waals surface area (Å²) in [6.07, 6.45) is 0.646. The van der Waals surface area contributed by atoms with Crippen molar-refractivity contribution >= 4 is 63.0 Å². The number of aryl methyl sites for hydroxylation is 1. The molecule has 0 saturated heterocycles. The molecule has 0 radical (unpaired) electrons. The van der Waals surface area contributed by atoms with Crippen molar-refractivity contribution in [1.29, 1.82) is 0 Å². The fourth-order valence-corrected chi connectivity index (χ4v) is 3.58. The van der Waals surface area contributed by atoms with Crippen LogP contribution in [0.4, 0.5) is 27.0 Å². The second kappa shape index (κ2) is 10.6. The van der Waals surface area contributed by atoms with Gasteiger partial charge in [0, 0.05) is 40.8 Å². The highest BCUT2D eigenvalue weighted by Gasteiger charge is 2.10. The first kappa shape index (κ1) is 22.3. The number of amides is 4. The van der Waals surface area contributed by atoms with E-state index in [0.29, 0.717) is 39.3 Å². The number of benzene rings is 2. The fraction of sp³-hybridized carbons (Fsp3) is 0.143. The molecule has 160 valence electrons. The van der Waals surface area contributed by atoms with Gasteiger partial charge in [-0.3, -0.25) is 14.9 Å². The van der Waals surface area contributed by atoms with Crippen molar-refractivity contribution < 1.29 is 14.4 Å². The molecule has 0 aliphatic rings. The van der Waals surface area contributed by atoms with Crippen molar-refractivity contribution in [1.82, 2.24) is 4.98 Å². The van der Waals surface area contributed by atoms with Crippen molar-refractivity contribution in [3.05, 3.63) is 64.6 Å². The van der Waals surface area contributed by atoms with Gasteiger partial charge in [-0.1, -0.05) is 23.7 Å². The van der Waals surface area contributed by atoms with Crippen LogP contribution in [-0.2, 0) is 16.0 Å². The first-order valence-electron chi connectivity index (χ1n) is 9.33. The summed E-state index contributed by atoms with van der Waals surface area (Å²) in [6, 6.07) is 13.3. The predicted molar refractivity (Wildman–Crippen MR) is 124 cm³/mol. The van der Waals surface area contributed by atoms with E-state index >= 15 is 0 Å². The number of hydrogen-bond acceptors (Lipinski definition) is 5. The highest BCUT2D eigenvalue weighted by molar-refractivity contribution is 7.13. The Labute approximate surface area is 188 Å². The Morgan fingerprint density at radius 1 is 0.935 bits per heavy atom. The third-order valence-electron chi connectivity index (χ3n) is 3.93. The Morgan fingerprint density at radius 2 is 1.61 bits per heavy atom. The topological polar surface area (TPSA) is 112 Å². The van der Waals surface area contributed by atoms with Gasteiger partial charge in [0.25, 0.3) is 0 Å². The van der Waals surface area contributed by atoms with Crippen LogP contribution in [-0.4, -0.2) is 22.8 Å². The zero-order chi connectivity index (χ0) is 22.2. The minimum atomic E-state index is -0.431. The van der Waals surface area contributed by atoms with Crippen molar-refractivity contribution in [2.75, 3.05) is 21.3 Å². The maximum atomic E-state index is 12.2. The Morgan fingerprint density at radius 3 is 2.32 bits per heavy atom. The molecule has 1 aromatic heterocycles. The van der Waals surface area contributed by atoms with Crippen LogP contribution in [0.3, 0.4) is 0 Å². The summed E-state index contributed by atoms with van der Waals surface area (Å²) >= 11 is 7.17. The standard InChI is InChI=1S/C21H20ClN5O3S/c1-13(28)23-16-6-3-7-17(11-16)24-19(29)9-8-18-12-31-21(26-18)27-20(30)25-15-5-2-4-14(22)10-15/h2-7,10-12H,8-9H2,1H3,(H,23,28)(H,24,29)(H2,25,26,27,30). The Kier molecular flexibility index (Phi) is 7.58. The fourth-order valence-electron chi connectivity index (χ4n) is 2.65. The molecule has 0 aliphatic carbocycles. The summed E-state index contributed by atoms with van der Waals surface area (Å²) < 4.78 is 0. The van der Waals surface area contributed by atoms with E-state index in [0.717, 1.165) is 0 Å². The molecular formula is C21H20ClN5O3S. The molecule has 3 aromatic rings. The largest absolute Gasteiger partial charge is 0.326 e. The molecule has 0 atom stereocenters. The van der Waals surface area contributed by atoms with Crippen LogP contribution in [0.15, 0.2) is 53.9 Å². The average molecular weight is 458 g/mol. The molecule has 31 heavy (non-hydrogen) atoms. The van der Waals surface area contributed by atoms with Crippen LogP contribution < -0.4 is 21.3 Å². The predicted octanol–water partition coefficient (Wildman–Crippen LogP) is 4.97. The number of thiazole rings is 1. The van der Waals surface area contributed by atoms with Crippen molar-refractivity contribution in [2.45, 2.75) is 19.8 Å². The van der Waals surface area contributed by atoms with Crippen LogP contribution in [0.1, 0.15) is 19.0 Å². The maximum Gasteiger partial charge on any atom is 0.325 e. The molecule has 0 saturated carbocycles. The molecular weight excluding hydrogens is 438 g/mol. The maximum absolute atomic E-state index is 12.2. The number of nitrogens with one attached hydrogen (secondary N) is 4. The van der Waals surface area contributed by atoms with E-state index in [1.54, 1.807) is 53.9 Å². The van der Waals surface area contributed by atoms with Gasteiger partial charge in [-0.2, -0.15) is 0 Å². The number of urea groups is 1. The van der Waals surface area contributed by atoms with E-state index in [1.165, 1.54) is 18.3 Å². The lowest BCUT2D eigenvalue weighted by Crippen LogP contribution is -2.19. The summed E-state index contributed by atoms with van der Waals surface area (Å²) in [4.78, 5) is 39.8. The van der Waals surface area contributed by atoms with Gasteiger partial charge in [0.1, 0.15) is 0 Å². The van der Waals surface area contributed by atoms with Crippen molar-refractivity contribution in [3.8, 4) is 0 Å². The van der Waals surface area contributed by atoms with E-state index in [9.17, 15) is 14.4 Å². The number of carbonyl (C=O) groups is 3. The Balaban J connectivity index is 1.47. The summed E-state index contributed by atoms with van der Waals surface area (Å²) in [7, 11) is 0. The molecule has 0 unspecified atom stereocenters. The molecule has 10 heteroatoms. The lowest BCUT2D eigenvalue weighted by Gasteiger charge is -2.07. The zero-order valence-electron chi connectivity index (χ0n) is 16.6. The Bertz CT molecular complexity index is 1100. The second-order valence-corrected chi connectivity index (χ2v) is 7.84. The summed E-state index contributed by atoms with van der Waals surface area (Å²) in [5.74, 6) is -0.362. The lowest BCUT2D eigenvalue weighted by atomic mass is 10.2. The minimum absolute atomic E-state index is 0.179. The van der Waals surface area contributed by atoms with Crippen LogP contribution >= 0.6 is 22.9 Å². The number of carbonyl (C=O) groups excluding carboxylic acids is 3. The number of aromatic nitrogens is 1. The first-order chi connectivity index (χ1) is 14.9. The molecule has 0 spiro atoms. The summed E-state index contributed by atoms with van der Waals surface area (Å²) in [6.45, 7) is 1.42. The van der Waals surface area contributed by atoms with Crippen LogP contribution in [0.25, 0.3) is 0 Å². The number of halogens is 1. The molecule has 8 nitrogen and oxygen atoms in total. The minimum Gasteiger partial charge on any atom is -0.326 e. The van der Waals surface area contributed by atoms with Crippen LogP contribution in [0.5, 0.6) is 0 Å². The number of nitrogens with zero attached hydrogens (tertiary/aromatic N) is 1. The van der Waals surface area contributed by atoms with Gasteiger partial charge >= 0.3 is 6.03 Å². The van der Waals surface area contributed by atoms with E-state index in [2.05, 4.69) is 26.3 Å². The van der Waals surface area contributed by atoms with Crippen molar-refractivity contribution in [3.63, 3.8) is 0 Å². The third-order valence-corrected chi connectivity index (χ3v) is 4.97. The summed E-state index contributed by atoms with van der Waals surface area (Å²) in [5, 5.41) is 13.5. The average Bonchev–Trinajstić information content (AvgIpc) is 3.13. The molecule has 0 fully saturated rings. The van der Waals surface area contributed by atoms with Gasteiger partial charge < -0.3 is 16.0 Å². The van der Waals surface area contributed by atoms with Gasteiger partial charge in [0.05, 0.1) is 5.69 Å². The normalized spacial score (nSPS) is 10.3. The van der Waals surface area contributed by atoms with Gasteiger partial charge in [0.2, 0.25) is 11.8 Å². The van der Waals surface area contributed by atoms with Gasteiger partial charge in [-0.05, 0) is 42.8 Å². The molecule has 4 amide bonds. The molecule has 4 N–H and O–H groups in total. The number of anilines is 4. The van der Waals surface area contributed by atoms with E-state index < -0.39 is 6.03 Å². The molecule has 3 rings (SSSR count). The van der Waals surface area contributed by atoms with Gasteiger partial charge in [0.15, 0.2) is 5.13 Å². The van der Waals surface area contributed by atoms with Gasteiger partial charge in [-0.25, -0.2) is 9.78 Å². The van der Waals surface area contributed by atoms with Crippen LogP contribution in [0.2, 0.25) is 5.02 Å². The second-order valence-electron chi connectivity index (χ2n) is 6.54. The molecule has 0 aliphatic heterocycles. The van der Waals surface area contributed by atoms with E-state index in [-0.39, 0.29) is 18.2 Å². The smallest absolute Gasteiger partial charge is 0.325 e.